The molecular formula is C16H14BrF3N2O3S. The van der Waals surface area contributed by atoms with Gasteiger partial charge in [0.05, 0.1) is 4.90 Å². The van der Waals surface area contributed by atoms with Crippen LogP contribution in [0.1, 0.15) is 15.9 Å². The second-order valence-electron chi connectivity index (χ2n) is 5.39. The van der Waals surface area contributed by atoms with Crippen molar-refractivity contribution >= 4 is 37.5 Å². The Morgan fingerprint density at radius 3 is 2.27 bits per heavy atom. The minimum atomic E-state index is -4.52. The van der Waals surface area contributed by atoms with Crippen LogP contribution in [0, 0.1) is 6.92 Å². The first-order chi connectivity index (χ1) is 12.0. The first kappa shape index (κ1) is 20.2. The summed E-state index contributed by atoms with van der Waals surface area (Å²) in [5.74, 6) is -0.943. The lowest BCUT2D eigenvalue weighted by molar-refractivity contribution is -0.123. The third-order valence-corrected chi connectivity index (χ3v) is 5.55. The van der Waals surface area contributed by atoms with E-state index in [-0.39, 0.29) is 10.5 Å². The number of carbonyl (C=O) groups excluding carboxylic acids is 1. The number of nitrogens with one attached hydrogen (secondary N) is 2. The van der Waals surface area contributed by atoms with Gasteiger partial charge in [-0.3, -0.25) is 9.52 Å². The molecule has 0 aliphatic carbocycles. The van der Waals surface area contributed by atoms with Crippen molar-refractivity contribution in [2.75, 3.05) is 11.3 Å². The van der Waals surface area contributed by atoms with E-state index >= 15 is 0 Å². The minimum Gasteiger partial charge on any atom is -0.343 e. The van der Waals surface area contributed by atoms with Crippen molar-refractivity contribution in [3.8, 4) is 0 Å². The summed E-state index contributed by atoms with van der Waals surface area (Å²) in [6, 6.07) is 9.51. The molecule has 0 fully saturated rings. The van der Waals surface area contributed by atoms with E-state index in [0.717, 1.165) is 34.3 Å². The quantitative estimate of drug-likeness (QED) is 0.726. The van der Waals surface area contributed by atoms with E-state index in [1.165, 1.54) is 0 Å². The van der Waals surface area contributed by atoms with Gasteiger partial charge >= 0.3 is 6.18 Å². The van der Waals surface area contributed by atoms with Crippen LogP contribution in [0.25, 0.3) is 0 Å². The smallest absolute Gasteiger partial charge is 0.343 e. The van der Waals surface area contributed by atoms with Crippen LogP contribution in [-0.2, 0) is 10.0 Å². The summed E-state index contributed by atoms with van der Waals surface area (Å²) in [6.07, 6.45) is -4.52. The predicted molar refractivity (Wildman–Crippen MR) is 94.5 cm³/mol. The monoisotopic (exact) mass is 450 g/mol. The van der Waals surface area contributed by atoms with Crippen LogP contribution >= 0.6 is 15.9 Å². The van der Waals surface area contributed by atoms with Crippen molar-refractivity contribution in [2.45, 2.75) is 18.0 Å². The molecule has 0 spiro atoms. The summed E-state index contributed by atoms with van der Waals surface area (Å²) in [5.41, 5.74) is 1.20. The third-order valence-electron chi connectivity index (χ3n) is 3.30. The molecule has 0 saturated carbocycles. The molecule has 10 heteroatoms. The SMILES string of the molecule is Cc1ccc(NS(=O)(=O)c2ccc(C(=O)NCC(F)(F)F)cc2)cc1Br. The zero-order valence-corrected chi connectivity index (χ0v) is 15.8. The van der Waals surface area contributed by atoms with Gasteiger partial charge in [0.25, 0.3) is 15.9 Å². The maximum Gasteiger partial charge on any atom is 0.405 e. The first-order valence-corrected chi connectivity index (χ1v) is 9.49. The summed E-state index contributed by atoms with van der Waals surface area (Å²) < 4.78 is 64.2. The number of alkyl halides is 3. The van der Waals surface area contributed by atoms with Gasteiger partial charge in [0.2, 0.25) is 0 Å². The molecule has 0 radical (unpaired) electrons. The third kappa shape index (κ3) is 5.46. The molecule has 2 aromatic rings. The highest BCUT2D eigenvalue weighted by atomic mass is 79.9. The van der Waals surface area contributed by atoms with Crippen molar-refractivity contribution in [2.24, 2.45) is 0 Å². The number of amides is 1. The molecule has 5 nitrogen and oxygen atoms in total. The molecule has 0 atom stereocenters. The number of rotatable bonds is 5. The molecule has 0 aliphatic rings. The Labute approximate surface area is 156 Å². The number of anilines is 1. The van der Waals surface area contributed by atoms with Crippen LogP contribution in [0.2, 0.25) is 0 Å². The Balaban J connectivity index is 2.13. The second kappa shape index (κ2) is 7.67. The Hall–Kier alpha value is -2.07. The minimum absolute atomic E-state index is 0.0775. The molecule has 140 valence electrons. The van der Waals surface area contributed by atoms with Gasteiger partial charge < -0.3 is 5.32 Å². The number of halogens is 4. The Morgan fingerprint density at radius 1 is 1.12 bits per heavy atom. The summed E-state index contributed by atoms with van der Waals surface area (Å²) in [7, 11) is -3.90. The highest BCUT2D eigenvalue weighted by molar-refractivity contribution is 9.10. The fraction of sp³-hybridized carbons (Fsp3) is 0.188. The van der Waals surface area contributed by atoms with E-state index in [4.69, 9.17) is 0 Å². The number of sulfonamides is 1. The average Bonchev–Trinajstić information content (AvgIpc) is 2.55. The summed E-state index contributed by atoms with van der Waals surface area (Å²) in [4.78, 5) is 11.5. The number of benzene rings is 2. The van der Waals surface area contributed by atoms with Gasteiger partial charge in [-0.05, 0) is 48.9 Å². The van der Waals surface area contributed by atoms with Gasteiger partial charge in [-0.2, -0.15) is 13.2 Å². The van der Waals surface area contributed by atoms with E-state index in [9.17, 15) is 26.4 Å². The van der Waals surface area contributed by atoms with Crippen LogP contribution in [0.3, 0.4) is 0 Å². The molecule has 0 aliphatic heterocycles. The number of aryl methyl sites for hydroxylation is 1. The zero-order valence-electron chi connectivity index (χ0n) is 13.4. The van der Waals surface area contributed by atoms with E-state index in [1.807, 2.05) is 6.92 Å². The molecule has 2 aromatic carbocycles. The average molecular weight is 451 g/mol. The molecule has 0 aromatic heterocycles. The van der Waals surface area contributed by atoms with Crippen molar-refractivity contribution in [3.05, 3.63) is 58.1 Å². The highest BCUT2D eigenvalue weighted by Gasteiger charge is 2.28. The molecule has 0 heterocycles. The molecule has 26 heavy (non-hydrogen) atoms. The van der Waals surface area contributed by atoms with Gasteiger partial charge in [0.1, 0.15) is 6.54 Å². The molecule has 0 saturated heterocycles. The van der Waals surface area contributed by atoms with Crippen LogP contribution in [0.15, 0.2) is 51.8 Å². The number of carbonyl (C=O) groups is 1. The summed E-state index contributed by atoms with van der Waals surface area (Å²) in [5, 5.41) is 1.71. The molecular weight excluding hydrogens is 437 g/mol. The van der Waals surface area contributed by atoms with Crippen molar-refractivity contribution in [1.29, 1.82) is 0 Å². The van der Waals surface area contributed by atoms with Crippen LogP contribution in [-0.4, -0.2) is 27.0 Å². The second-order valence-corrected chi connectivity index (χ2v) is 7.93. The standard InChI is InChI=1S/C16H14BrF3N2O3S/c1-10-2-5-12(8-14(10)17)22-26(24,25)13-6-3-11(4-7-13)15(23)21-9-16(18,19)20/h2-8,22H,9H2,1H3,(H,21,23). The number of hydrogen-bond acceptors (Lipinski definition) is 3. The summed E-state index contributed by atoms with van der Waals surface area (Å²) in [6.45, 7) is 0.390. The molecule has 0 bridgehead atoms. The van der Waals surface area contributed by atoms with Crippen molar-refractivity contribution < 1.29 is 26.4 Å². The Bertz CT molecular complexity index is 913. The highest BCUT2D eigenvalue weighted by Crippen LogP contribution is 2.23. The first-order valence-electron chi connectivity index (χ1n) is 7.22. The van der Waals surface area contributed by atoms with Gasteiger partial charge in [0, 0.05) is 15.7 Å². The maximum atomic E-state index is 12.4. The van der Waals surface area contributed by atoms with E-state index < -0.39 is 28.7 Å². The topological polar surface area (TPSA) is 75.3 Å². The zero-order chi connectivity index (χ0) is 19.5. The normalized spacial score (nSPS) is 11.9. The number of hydrogen-bond donors (Lipinski definition) is 2. The van der Waals surface area contributed by atoms with Crippen molar-refractivity contribution in [1.82, 2.24) is 5.32 Å². The van der Waals surface area contributed by atoms with E-state index in [1.54, 1.807) is 23.5 Å². The van der Waals surface area contributed by atoms with Gasteiger partial charge in [-0.25, -0.2) is 8.42 Å². The van der Waals surface area contributed by atoms with Gasteiger partial charge in [0.15, 0.2) is 0 Å². The lowest BCUT2D eigenvalue weighted by Crippen LogP contribution is -2.33. The molecule has 0 unspecified atom stereocenters. The molecule has 2 N–H and O–H groups in total. The Morgan fingerprint density at radius 2 is 1.73 bits per heavy atom. The van der Waals surface area contributed by atoms with Gasteiger partial charge in [-0.1, -0.05) is 22.0 Å². The van der Waals surface area contributed by atoms with E-state index in [2.05, 4.69) is 20.7 Å². The fourth-order valence-corrected chi connectivity index (χ4v) is 3.37. The largest absolute Gasteiger partial charge is 0.405 e. The van der Waals surface area contributed by atoms with Crippen LogP contribution in [0.4, 0.5) is 18.9 Å². The van der Waals surface area contributed by atoms with Crippen molar-refractivity contribution in [3.63, 3.8) is 0 Å². The fourth-order valence-electron chi connectivity index (χ4n) is 1.94. The summed E-state index contributed by atoms with van der Waals surface area (Å²) >= 11 is 3.30. The molecule has 2 rings (SSSR count). The lowest BCUT2D eigenvalue weighted by atomic mass is 10.2. The predicted octanol–water partition coefficient (Wildman–Crippen LogP) is 3.85. The molecule has 1 amide bonds. The van der Waals surface area contributed by atoms with Crippen LogP contribution < -0.4 is 10.0 Å². The van der Waals surface area contributed by atoms with Gasteiger partial charge in [-0.15, -0.1) is 0 Å². The Kier molecular flexibility index (Phi) is 5.97. The maximum absolute atomic E-state index is 12.4. The lowest BCUT2D eigenvalue weighted by Gasteiger charge is -2.11. The van der Waals surface area contributed by atoms with E-state index in [0.29, 0.717) is 5.69 Å². The van der Waals surface area contributed by atoms with Crippen LogP contribution in [0.5, 0.6) is 0 Å².